The van der Waals surface area contributed by atoms with E-state index < -0.39 is 13.9 Å². The molecule has 0 bridgehead atoms. The number of pyridine rings is 1. The first-order chi connectivity index (χ1) is 10.4. The SMILES string of the molecule is O=C(NCCOP(=O)(O)O)NCc1cnc2ccccc2c1. The zero-order valence-corrected chi connectivity index (χ0v) is 12.5. The summed E-state index contributed by atoms with van der Waals surface area (Å²) < 4.78 is 14.6. The molecule has 1 aromatic carbocycles. The van der Waals surface area contributed by atoms with Crippen molar-refractivity contribution in [3.8, 4) is 0 Å². The summed E-state index contributed by atoms with van der Waals surface area (Å²) in [6, 6.07) is 9.13. The van der Waals surface area contributed by atoms with E-state index in [1.807, 2.05) is 30.3 Å². The van der Waals surface area contributed by atoms with Crippen LogP contribution in [0.2, 0.25) is 0 Å². The number of benzene rings is 1. The first kappa shape index (κ1) is 16.4. The molecule has 0 aliphatic carbocycles. The second-order valence-corrected chi connectivity index (χ2v) is 5.71. The monoisotopic (exact) mass is 325 g/mol. The fourth-order valence-corrected chi connectivity index (χ4v) is 2.12. The molecule has 118 valence electrons. The molecule has 8 nitrogen and oxygen atoms in total. The van der Waals surface area contributed by atoms with Crippen LogP contribution in [0.25, 0.3) is 10.9 Å². The Morgan fingerprint density at radius 3 is 2.82 bits per heavy atom. The Kier molecular flexibility index (Phi) is 5.46. The van der Waals surface area contributed by atoms with Gasteiger partial charge in [-0.3, -0.25) is 9.51 Å². The van der Waals surface area contributed by atoms with E-state index in [1.54, 1.807) is 6.20 Å². The van der Waals surface area contributed by atoms with E-state index in [1.165, 1.54) is 0 Å². The van der Waals surface area contributed by atoms with Gasteiger partial charge in [0.25, 0.3) is 0 Å². The lowest BCUT2D eigenvalue weighted by atomic mass is 10.1. The highest BCUT2D eigenvalue weighted by atomic mass is 31.2. The minimum Gasteiger partial charge on any atom is -0.336 e. The number of amides is 2. The predicted octanol–water partition coefficient (Wildman–Crippen LogP) is 1.14. The third-order valence-electron chi connectivity index (χ3n) is 2.75. The molecule has 0 aliphatic rings. The molecule has 0 saturated carbocycles. The molecule has 1 heterocycles. The lowest BCUT2D eigenvalue weighted by molar-refractivity contribution is 0.195. The van der Waals surface area contributed by atoms with Gasteiger partial charge in [-0.15, -0.1) is 0 Å². The van der Waals surface area contributed by atoms with E-state index in [0.717, 1.165) is 16.5 Å². The van der Waals surface area contributed by atoms with E-state index >= 15 is 0 Å². The molecule has 2 rings (SSSR count). The number of nitrogens with one attached hydrogen (secondary N) is 2. The standard InChI is InChI=1S/C13H16N3O5P/c17-13(14-5-6-21-22(18,19)20)16-9-10-7-11-3-1-2-4-12(11)15-8-10/h1-4,7-8H,5-6,9H2,(H2,14,16,17)(H2,18,19,20). The van der Waals surface area contributed by atoms with Crippen LogP contribution >= 0.6 is 7.82 Å². The zero-order chi connectivity index (χ0) is 16.0. The summed E-state index contributed by atoms with van der Waals surface area (Å²) in [5.74, 6) is 0. The number of carbonyl (C=O) groups excluding carboxylic acids is 1. The first-order valence-electron chi connectivity index (χ1n) is 6.49. The minimum atomic E-state index is -4.49. The molecular weight excluding hydrogens is 309 g/mol. The maximum Gasteiger partial charge on any atom is 0.469 e. The molecule has 2 amide bonds. The van der Waals surface area contributed by atoms with Gasteiger partial charge in [0, 0.05) is 24.7 Å². The number of aromatic nitrogens is 1. The average Bonchev–Trinajstić information content (AvgIpc) is 2.48. The van der Waals surface area contributed by atoms with Crippen molar-refractivity contribution in [2.24, 2.45) is 0 Å². The summed E-state index contributed by atoms with van der Waals surface area (Å²) in [7, 11) is -4.49. The molecule has 0 saturated heterocycles. The van der Waals surface area contributed by atoms with Crippen molar-refractivity contribution in [1.82, 2.24) is 15.6 Å². The Labute approximate surface area is 126 Å². The van der Waals surface area contributed by atoms with Crippen LogP contribution in [-0.4, -0.2) is 34.0 Å². The second kappa shape index (κ2) is 7.33. The number of nitrogens with zero attached hydrogens (tertiary/aromatic N) is 1. The van der Waals surface area contributed by atoms with Gasteiger partial charge < -0.3 is 20.4 Å². The number of carbonyl (C=O) groups is 1. The molecule has 0 aliphatic heterocycles. The molecule has 2 aromatic rings. The van der Waals surface area contributed by atoms with Crippen LogP contribution in [-0.2, 0) is 15.6 Å². The van der Waals surface area contributed by atoms with E-state index in [2.05, 4.69) is 20.1 Å². The van der Waals surface area contributed by atoms with Gasteiger partial charge >= 0.3 is 13.9 Å². The summed E-state index contributed by atoms with van der Waals surface area (Å²) >= 11 is 0. The second-order valence-electron chi connectivity index (χ2n) is 4.47. The fraction of sp³-hybridized carbons (Fsp3) is 0.231. The maximum atomic E-state index is 11.5. The van der Waals surface area contributed by atoms with Gasteiger partial charge in [0.05, 0.1) is 12.1 Å². The molecule has 0 atom stereocenters. The van der Waals surface area contributed by atoms with Crippen molar-refractivity contribution in [2.75, 3.05) is 13.2 Å². The van der Waals surface area contributed by atoms with Crippen molar-refractivity contribution < 1.29 is 23.7 Å². The van der Waals surface area contributed by atoms with Crippen LogP contribution in [0.15, 0.2) is 36.5 Å². The number of urea groups is 1. The van der Waals surface area contributed by atoms with Crippen LogP contribution in [0, 0.1) is 0 Å². The largest absolute Gasteiger partial charge is 0.469 e. The van der Waals surface area contributed by atoms with Gasteiger partial charge in [-0.25, -0.2) is 9.36 Å². The number of rotatable bonds is 6. The summed E-state index contributed by atoms with van der Waals surface area (Å²) in [6.07, 6.45) is 1.68. The lowest BCUT2D eigenvalue weighted by Crippen LogP contribution is -2.36. The molecule has 0 unspecified atom stereocenters. The average molecular weight is 325 g/mol. The Balaban J connectivity index is 1.76. The molecule has 0 radical (unpaired) electrons. The highest BCUT2D eigenvalue weighted by Gasteiger charge is 2.12. The van der Waals surface area contributed by atoms with Gasteiger partial charge in [-0.1, -0.05) is 18.2 Å². The Morgan fingerprint density at radius 1 is 1.27 bits per heavy atom. The van der Waals surface area contributed by atoms with E-state index in [0.29, 0.717) is 6.54 Å². The lowest BCUT2D eigenvalue weighted by Gasteiger charge is -2.09. The number of hydrogen-bond donors (Lipinski definition) is 4. The topological polar surface area (TPSA) is 121 Å². The Bertz CT molecular complexity index is 703. The van der Waals surface area contributed by atoms with E-state index in [4.69, 9.17) is 9.79 Å². The van der Waals surface area contributed by atoms with Crippen molar-refractivity contribution in [3.63, 3.8) is 0 Å². The number of fused-ring (bicyclic) bond motifs is 1. The van der Waals surface area contributed by atoms with Crippen molar-refractivity contribution in [3.05, 3.63) is 42.1 Å². The van der Waals surface area contributed by atoms with Crippen LogP contribution in [0.3, 0.4) is 0 Å². The Morgan fingerprint density at radius 2 is 2.05 bits per heavy atom. The number of phosphoric acid groups is 1. The van der Waals surface area contributed by atoms with Gasteiger partial charge in [0.2, 0.25) is 0 Å². The number of phosphoric ester groups is 1. The molecular formula is C13H16N3O5P. The van der Waals surface area contributed by atoms with E-state index in [9.17, 15) is 9.36 Å². The third kappa shape index (κ3) is 5.42. The first-order valence-corrected chi connectivity index (χ1v) is 8.02. The molecule has 9 heteroatoms. The summed E-state index contributed by atoms with van der Waals surface area (Å²) in [5.41, 5.74) is 1.73. The van der Waals surface area contributed by atoms with Crippen molar-refractivity contribution in [2.45, 2.75) is 6.54 Å². The summed E-state index contributed by atoms with van der Waals surface area (Å²) in [5, 5.41) is 6.03. The number of para-hydroxylation sites is 1. The smallest absolute Gasteiger partial charge is 0.336 e. The molecule has 0 spiro atoms. The molecule has 4 N–H and O–H groups in total. The molecule has 0 fully saturated rings. The van der Waals surface area contributed by atoms with Crippen LogP contribution in [0.4, 0.5) is 4.79 Å². The Hall–Kier alpha value is -1.99. The number of hydrogen-bond acceptors (Lipinski definition) is 4. The predicted molar refractivity (Wildman–Crippen MR) is 80.0 cm³/mol. The van der Waals surface area contributed by atoms with Crippen molar-refractivity contribution >= 4 is 24.8 Å². The summed E-state index contributed by atoms with van der Waals surface area (Å²) in [4.78, 5) is 32.7. The molecule has 1 aromatic heterocycles. The minimum absolute atomic E-state index is 0.00703. The van der Waals surface area contributed by atoms with Crippen LogP contribution in [0.5, 0.6) is 0 Å². The van der Waals surface area contributed by atoms with E-state index in [-0.39, 0.29) is 13.2 Å². The van der Waals surface area contributed by atoms with Crippen LogP contribution in [0.1, 0.15) is 5.56 Å². The van der Waals surface area contributed by atoms with Crippen LogP contribution < -0.4 is 10.6 Å². The maximum absolute atomic E-state index is 11.5. The van der Waals surface area contributed by atoms with Gasteiger partial charge in [-0.05, 0) is 17.7 Å². The quantitative estimate of drug-likeness (QED) is 0.467. The fourth-order valence-electron chi connectivity index (χ4n) is 1.79. The normalized spacial score (nSPS) is 11.4. The van der Waals surface area contributed by atoms with Gasteiger partial charge in [0.1, 0.15) is 0 Å². The highest BCUT2D eigenvalue weighted by Crippen LogP contribution is 2.35. The molecule has 22 heavy (non-hydrogen) atoms. The van der Waals surface area contributed by atoms with Gasteiger partial charge in [-0.2, -0.15) is 0 Å². The van der Waals surface area contributed by atoms with Crippen molar-refractivity contribution in [1.29, 1.82) is 0 Å². The zero-order valence-electron chi connectivity index (χ0n) is 11.6. The van der Waals surface area contributed by atoms with Gasteiger partial charge in [0.15, 0.2) is 0 Å². The third-order valence-corrected chi connectivity index (χ3v) is 3.27. The highest BCUT2D eigenvalue weighted by molar-refractivity contribution is 7.46. The summed E-state index contributed by atoms with van der Waals surface area (Å²) in [6.45, 7) is 0.0190.